The maximum Gasteiger partial charge on any atom is 0.404 e. The lowest BCUT2D eigenvalue weighted by Gasteiger charge is -2.32. The Balaban J connectivity index is 1.70. The fourth-order valence-corrected chi connectivity index (χ4v) is 4.52. The summed E-state index contributed by atoms with van der Waals surface area (Å²) in [5.41, 5.74) is 0.470. The average molecular weight is 532 g/mol. The molecule has 0 unspecified atom stereocenters. The third kappa shape index (κ3) is 4.36. The van der Waals surface area contributed by atoms with Crippen molar-refractivity contribution < 1.29 is 22.3 Å². The first kappa shape index (κ1) is 25.2. The zero-order chi connectivity index (χ0) is 26.5. The van der Waals surface area contributed by atoms with Crippen molar-refractivity contribution in [2.75, 3.05) is 18.6 Å². The van der Waals surface area contributed by atoms with Crippen LogP contribution < -0.4 is 4.90 Å². The van der Waals surface area contributed by atoms with Crippen LogP contribution in [0.2, 0.25) is 5.02 Å². The van der Waals surface area contributed by atoms with Crippen molar-refractivity contribution in [1.29, 1.82) is 0 Å². The summed E-state index contributed by atoms with van der Waals surface area (Å²) >= 11 is 6.14. The Morgan fingerprint density at radius 3 is 2.68 bits per heavy atom. The van der Waals surface area contributed by atoms with Gasteiger partial charge in [0.15, 0.2) is 5.82 Å². The number of methoxy groups -OCH3 is 1. The molecule has 0 fully saturated rings. The normalized spacial score (nSPS) is 14.1. The summed E-state index contributed by atoms with van der Waals surface area (Å²) in [4.78, 5) is 6.63. The first-order valence-electron chi connectivity index (χ1n) is 11.5. The van der Waals surface area contributed by atoms with E-state index >= 15 is 0 Å². The van der Waals surface area contributed by atoms with E-state index in [0.717, 1.165) is 25.1 Å². The van der Waals surface area contributed by atoms with Gasteiger partial charge < -0.3 is 9.64 Å². The summed E-state index contributed by atoms with van der Waals surface area (Å²) in [6, 6.07) is 8.14. The number of rotatable bonds is 3. The van der Waals surface area contributed by atoms with Crippen molar-refractivity contribution in [3.8, 4) is 11.8 Å². The van der Waals surface area contributed by atoms with E-state index in [0.29, 0.717) is 47.5 Å². The Kier molecular flexibility index (Phi) is 6.24. The topological polar surface area (TPSA) is 55.6 Å². The molecule has 5 rings (SSSR count). The molecule has 2 aromatic carbocycles. The summed E-state index contributed by atoms with van der Waals surface area (Å²) in [6.07, 6.45) is -3.13. The van der Waals surface area contributed by atoms with E-state index in [2.05, 4.69) is 22.0 Å². The Morgan fingerprint density at radius 2 is 1.95 bits per heavy atom. The standard InChI is InChI=1S/C26H22ClF4N5O/c1-25(2,26(29,30)31)10-9-15-6-4-8-20-16(15)7-5-11-35(20)23-17-12-19(28)18(27)13-21(17)36-22(14-37-3)33-34-24(36)32-23/h4,6,8,12-13H,5,7,11,14H2,1-3H3. The van der Waals surface area contributed by atoms with E-state index < -0.39 is 17.4 Å². The number of fused-ring (bicyclic) bond motifs is 4. The molecule has 0 saturated heterocycles. The second-order valence-corrected chi connectivity index (χ2v) is 9.74. The fraction of sp³-hybridized carbons (Fsp3) is 0.346. The minimum Gasteiger partial charge on any atom is -0.377 e. The highest BCUT2D eigenvalue weighted by atomic mass is 35.5. The van der Waals surface area contributed by atoms with E-state index in [4.69, 9.17) is 21.3 Å². The van der Waals surface area contributed by atoms with E-state index in [1.54, 1.807) is 16.5 Å². The second-order valence-electron chi connectivity index (χ2n) is 9.33. The quantitative estimate of drug-likeness (QED) is 0.231. The Bertz CT molecular complexity index is 1590. The molecule has 0 aliphatic carbocycles. The molecular weight excluding hydrogens is 510 g/mol. The van der Waals surface area contributed by atoms with Crippen LogP contribution >= 0.6 is 11.6 Å². The van der Waals surface area contributed by atoms with E-state index in [1.807, 2.05) is 11.0 Å². The number of alkyl halides is 3. The maximum absolute atomic E-state index is 14.7. The number of nitrogens with zero attached hydrogens (tertiary/aromatic N) is 5. The molecule has 0 saturated carbocycles. The van der Waals surface area contributed by atoms with Crippen molar-refractivity contribution in [3.05, 3.63) is 58.1 Å². The molecule has 1 aliphatic heterocycles. The lowest BCUT2D eigenvalue weighted by Crippen LogP contribution is -2.30. The molecule has 0 bridgehead atoms. The van der Waals surface area contributed by atoms with Gasteiger partial charge in [-0.3, -0.25) is 4.40 Å². The highest BCUT2D eigenvalue weighted by molar-refractivity contribution is 6.31. The molecule has 3 heterocycles. The van der Waals surface area contributed by atoms with Crippen LogP contribution in [0.15, 0.2) is 30.3 Å². The molecule has 0 spiro atoms. The lowest BCUT2D eigenvalue weighted by molar-refractivity contribution is -0.190. The number of hydrogen-bond donors (Lipinski definition) is 0. The molecule has 2 aromatic heterocycles. The average Bonchev–Trinajstić information content (AvgIpc) is 3.25. The number of anilines is 2. The van der Waals surface area contributed by atoms with E-state index in [-0.39, 0.29) is 17.4 Å². The molecule has 37 heavy (non-hydrogen) atoms. The molecule has 11 heteroatoms. The zero-order valence-electron chi connectivity index (χ0n) is 20.2. The molecule has 0 radical (unpaired) electrons. The summed E-state index contributed by atoms with van der Waals surface area (Å²) in [7, 11) is 1.53. The molecule has 0 N–H and O–H groups in total. The van der Waals surface area contributed by atoms with Gasteiger partial charge in [-0.05, 0) is 56.5 Å². The van der Waals surface area contributed by atoms with Gasteiger partial charge in [-0.1, -0.05) is 29.5 Å². The largest absolute Gasteiger partial charge is 0.404 e. The van der Waals surface area contributed by atoms with Gasteiger partial charge in [-0.25, -0.2) is 4.39 Å². The first-order valence-corrected chi connectivity index (χ1v) is 11.9. The molecule has 6 nitrogen and oxygen atoms in total. The van der Waals surface area contributed by atoms with E-state index in [9.17, 15) is 17.6 Å². The highest BCUT2D eigenvalue weighted by Gasteiger charge is 2.46. The number of ether oxygens (including phenoxy) is 1. The van der Waals surface area contributed by atoms with Gasteiger partial charge in [-0.15, -0.1) is 10.2 Å². The van der Waals surface area contributed by atoms with Crippen LogP contribution in [0.1, 0.15) is 37.2 Å². The van der Waals surface area contributed by atoms with Gasteiger partial charge in [0.1, 0.15) is 23.7 Å². The van der Waals surface area contributed by atoms with Crippen molar-refractivity contribution in [1.82, 2.24) is 19.6 Å². The number of halogens is 5. The van der Waals surface area contributed by atoms with E-state index in [1.165, 1.54) is 19.2 Å². The molecule has 1 aliphatic rings. The summed E-state index contributed by atoms with van der Waals surface area (Å²) in [5, 5.41) is 8.75. The molecule has 0 atom stereocenters. The van der Waals surface area contributed by atoms with Crippen molar-refractivity contribution >= 4 is 39.8 Å². The van der Waals surface area contributed by atoms with Crippen molar-refractivity contribution in [2.45, 2.75) is 39.5 Å². The molecule has 0 amide bonds. The summed E-state index contributed by atoms with van der Waals surface area (Å²) < 4.78 is 61.7. The predicted molar refractivity (Wildman–Crippen MR) is 132 cm³/mol. The van der Waals surface area contributed by atoms with Gasteiger partial charge >= 0.3 is 6.18 Å². The third-order valence-electron chi connectivity index (χ3n) is 6.44. The van der Waals surface area contributed by atoms with Gasteiger partial charge in [-0.2, -0.15) is 18.2 Å². The Morgan fingerprint density at radius 1 is 1.16 bits per heavy atom. The van der Waals surface area contributed by atoms with Gasteiger partial charge in [0, 0.05) is 30.3 Å². The SMILES string of the molecule is COCc1nnc2nc(N3CCCc4c(C#CC(C)(C)C(F)(F)F)cccc43)c3cc(F)c(Cl)cc3n12. The monoisotopic (exact) mass is 531 g/mol. The van der Waals surface area contributed by atoms with Crippen LogP contribution in [-0.4, -0.2) is 39.4 Å². The predicted octanol–water partition coefficient (Wildman–Crippen LogP) is 6.24. The molecule has 4 aromatic rings. The first-order chi connectivity index (χ1) is 17.5. The summed E-state index contributed by atoms with van der Waals surface area (Å²) in [5.74, 6) is 5.75. The molecule has 192 valence electrons. The van der Waals surface area contributed by atoms with Crippen molar-refractivity contribution in [2.24, 2.45) is 5.41 Å². The second kappa shape index (κ2) is 9.15. The van der Waals surface area contributed by atoms with Crippen LogP contribution in [0.3, 0.4) is 0 Å². The van der Waals surface area contributed by atoms with Crippen LogP contribution in [0.5, 0.6) is 0 Å². The fourth-order valence-electron chi connectivity index (χ4n) is 4.37. The zero-order valence-corrected chi connectivity index (χ0v) is 21.0. The maximum atomic E-state index is 14.7. The minimum absolute atomic E-state index is 0.0631. The highest BCUT2D eigenvalue weighted by Crippen LogP contribution is 2.40. The smallest absolute Gasteiger partial charge is 0.377 e. The number of hydrogen-bond acceptors (Lipinski definition) is 5. The Labute approximate surface area is 215 Å². The Hall–Kier alpha value is -3.42. The number of aromatic nitrogens is 4. The number of benzene rings is 2. The summed E-state index contributed by atoms with van der Waals surface area (Å²) in [6.45, 7) is 2.83. The van der Waals surface area contributed by atoms with Crippen LogP contribution in [0, 0.1) is 23.1 Å². The van der Waals surface area contributed by atoms with Gasteiger partial charge in [0.2, 0.25) is 0 Å². The lowest BCUT2D eigenvalue weighted by atomic mass is 9.91. The van der Waals surface area contributed by atoms with Crippen molar-refractivity contribution in [3.63, 3.8) is 0 Å². The molecular formula is C26H22ClF4N5O. The van der Waals surface area contributed by atoms with Crippen LogP contribution in [0.4, 0.5) is 29.1 Å². The van der Waals surface area contributed by atoms with Crippen LogP contribution in [0.25, 0.3) is 16.7 Å². The van der Waals surface area contributed by atoms with Crippen LogP contribution in [-0.2, 0) is 17.8 Å². The third-order valence-corrected chi connectivity index (χ3v) is 6.73. The van der Waals surface area contributed by atoms with Gasteiger partial charge in [0.25, 0.3) is 5.78 Å². The van der Waals surface area contributed by atoms with Gasteiger partial charge in [0.05, 0.1) is 10.5 Å². The minimum atomic E-state index is -4.45.